The molecule has 0 amide bonds. The summed E-state index contributed by atoms with van der Waals surface area (Å²) in [5, 5.41) is 21.4. The maximum atomic E-state index is 13.6. The minimum absolute atomic E-state index is 0.143. The third kappa shape index (κ3) is 3.59. The van der Waals surface area contributed by atoms with Gasteiger partial charge in [-0.05, 0) is 116 Å². The second-order valence-electron chi connectivity index (χ2n) is 12.1. The van der Waals surface area contributed by atoms with Crippen LogP contribution in [0.5, 0.6) is 0 Å². The average Bonchev–Trinajstić information content (AvgIpc) is 3.11. The van der Waals surface area contributed by atoms with Gasteiger partial charge in [0.25, 0.3) is 0 Å². The highest BCUT2D eigenvalue weighted by atomic mass is 19.1. The summed E-state index contributed by atoms with van der Waals surface area (Å²) in [5.74, 6) is 2.76. The monoisotopic (exact) mass is 440 g/mol. The first kappa shape index (κ1) is 22.6. The summed E-state index contributed by atoms with van der Waals surface area (Å²) in [6.07, 6.45) is 11.6. The van der Waals surface area contributed by atoms with Crippen molar-refractivity contribution < 1.29 is 14.6 Å². The molecule has 176 valence electrons. The molecule has 4 aliphatic rings. The Bertz CT molecular complexity index is 880. The molecule has 0 saturated heterocycles. The van der Waals surface area contributed by atoms with Crippen molar-refractivity contribution >= 4 is 0 Å². The van der Waals surface area contributed by atoms with Crippen LogP contribution in [-0.4, -0.2) is 22.4 Å². The number of hydrogen-bond acceptors (Lipinski definition) is 2. The van der Waals surface area contributed by atoms with Gasteiger partial charge in [0.05, 0.1) is 12.2 Å². The minimum atomic E-state index is -0.426. The normalized spacial score (nSPS) is 42.9. The lowest BCUT2D eigenvalue weighted by atomic mass is 9.47. The smallest absolute Gasteiger partial charge is 0.123 e. The van der Waals surface area contributed by atoms with Crippen molar-refractivity contribution in [3.63, 3.8) is 0 Å². The van der Waals surface area contributed by atoms with Crippen LogP contribution in [0.25, 0.3) is 0 Å². The summed E-state index contributed by atoms with van der Waals surface area (Å²) >= 11 is 0. The van der Waals surface area contributed by atoms with Gasteiger partial charge in [-0.25, -0.2) is 4.39 Å². The van der Waals surface area contributed by atoms with E-state index in [1.54, 1.807) is 12.1 Å². The fourth-order valence-electron chi connectivity index (χ4n) is 8.91. The molecular formula is C29H41FO2. The Labute approximate surface area is 193 Å². The molecule has 0 heterocycles. The summed E-state index contributed by atoms with van der Waals surface area (Å²) in [6.45, 7) is 7.24. The Morgan fingerprint density at radius 3 is 2.69 bits per heavy atom. The highest BCUT2D eigenvalue weighted by Crippen LogP contribution is 2.67. The number of allylic oxidation sites excluding steroid dienone is 1. The zero-order valence-corrected chi connectivity index (χ0v) is 20.1. The van der Waals surface area contributed by atoms with Gasteiger partial charge < -0.3 is 10.2 Å². The van der Waals surface area contributed by atoms with Gasteiger partial charge in [0.1, 0.15) is 5.82 Å². The van der Waals surface area contributed by atoms with E-state index in [1.165, 1.54) is 43.7 Å². The van der Waals surface area contributed by atoms with Gasteiger partial charge >= 0.3 is 0 Å². The second kappa shape index (κ2) is 8.24. The summed E-state index contributed by atoms with van der Waals surface area (Å²) in [7, 11) is 0. The summed E-state index contributed by atoms with van der Waals surface area (Å²) in [5.41, 5.74) is 3.00. The molecular weight excluding hydrogens is 399 g/mol. The maximum absolute atomic E-state index is 13.6. The number of aliphatic hydroxyl groups is 2. The molecule has 0 spiro atoms. The Balaban J connectivity index is 1.33. The predicted molar refractivity (Wildman–Crippen MR) is 126 cm³/mol. The standard InChI is InChI=1S/C29H41FO2/c1-18(27(32)16-19-5-4-6-21(30)15-19)24-9-10-25-23-8-7-20-17-22(31)11-13-28(20,2)26(23)12-14-29(24,25)3/h4-7,15,18,22-27,31-32H,8-14,16-17H2,1-3H3/t18-,22-,23?,24?,25?,26?,27-,28-,29+/m0/s1. The molecule has 3 fully saturated rings. The molecule has 0 bridgehead atoms. The lowest BCUT2D eigenvalue weighted by molar-refractivity contribution is -0.0671. The van der Waals surface area contributed by atoms with Gasteiger partial charge in [0.15, 0.2) is 0 Å². The Morgan fingerprint density at radius 1 is 1.09 bits per heavy atom. The summed E-state index contributed by atoms with van der Waals surface area (Å²) in [6, 6.07) is 6.70. The molecule has 1 aromatic carbocycles. The van der Waals surface area contributed by atoms with Crippen LogP contribution in [0.15, 0.2) is 35.9 Å². The van der Waals surface area contributed by atoms with Gasteiger partial charge in [-0.15, -0.1) is 0 Å². The molecule has 1 aromatic rings. The van der Waals surface area contributed by atoms with Crippen molar-refractivity contribution in [3.8, 4) is 0 Å². The van der Waals surface area contributed by atoms with Crippen molar-refractivity contribution in [2.75, 3.05) is 0 Å². The minimum Gasteiger partial charge on any atom is -0.393 e. The predicted octanol–water partition coefficient (Wildman–Crippen LogP) is 6.31. The molecule has 3 saturated carbocycles. The lowest BCUT2D eigenvalue weighted by Gasteiger charge is -2.58. The molecule has 4 unspecified atom stereocenters. The van der Waals surface area contributed by atoms with Crippen LogP contribution in [0.4, 0.5) is 4.39 Å². The van der Waals surface area contributed by atoms with Crippen molar-refractivity contribution in [2.24, 2.45) is 40.4 Å². The van der Waals surface area contributed by atoms with Gasteiger partial charge in [-0.2, -0.15) is 0 Å². The summed E-state index contributed by atoms with van der Waals surface area (Å²) < 4.78 is 13.6. The van der Waals surface area contributed by atoms with E-state index in [-0.39, 0.29) is 23.3 Å². The highest BCUT2D eigenvalue weighted by Gasteiger charge is 2.59. The zero-order valence-electron chi connectivity index (χ0n) is 20.1. The van der Waals surface area contributed by atoms with Crippen LogP contribution in [0.1, 0.15) is 77.7 Å². The Kier molecular flexibility index (Phi) is 5.82. The third-order valence-corrected chi connectivity index (χ3v) is 10.7. The molecule has 2 N–H and O–H groups in total. The topological polar surface area (TPSA) is 40.5 Å². The number of benzene rings is 1. The van der Waals surface area contributed by atoms with E-state index in [1.807, 2.05) is 6.07 Å². The Morgan fingerprint density at radius 2 is 1.91 bits per heavy atom. The van der Waals surface area contributed by atoms with Gasteiger partial charge in [-0.3, -0.25) is 0 Å². The van der Waals surface area contributed by atoms with E-state index in [0.717, 1.165) is 42.6 Å². The Hall–Kier alpha value is -1.19. The van der Waals surface area contributed by atoms with Crippen LogP contribution in [0, 0.1) is 46.2 Å². The van der Waals surface area contributed by atoms with Crippen molar-refractivity contribution in [2.45, 2.75) is 90.8 Å². The van der Waals surface area contributed by atoms with Gasteiger partial charge in [0, 0.05) is 0 Å². The van der Waals surface area contributed by atoms with Crippen molar-refractivity contribution in [1.82, 2.24) is 0 Å². The number of hydrogen-bond donors (Lipinski definition) is 2. The molecule has 9 atom stereocenters. The van der Waals surface area contributed by atoms with E-state index < -0.39 is 6.10 Å². The van der Waals surface area contributed by atoms with Crippen molar-refractivity contribution in [1.29, 1.82) is 0 Å². The number of aliphatic hydroxyl groups excluding tert-OH is 2. The van der Waals surface area contributed by atoms with Gasteiger partial charge in [0.2, 0.25) is 0 Å². The van der Waals surface area contributed by atoms with Crippen LogP contribution < -0.4 is 0 Å². The van der Waals surface area contributed by atoms with Crippen LogP contribution >= 0.6 is 0 Å². The van der Waals surface area contributed by atoms with Gasteiger partial charge in [-0.1, -0.05) is 44.6 Å². The molecule has 3 heteroatoms. The number of halogens is 1. The van der Waals surface area contributed by atoms with E-state index in [2.05, 4.69) is 26.8 Å². The number of fused-ring (bicyclic) bond motifs is 5. The van der Waals surface area contributed by atoms with Crippen LogP contribution in [0.2, 0.25) is 0 Å². The molecule has 0 aliphatic heterocycles. The first-order valence-electron chi connectivity index (χ1n) is 13.0. The second-order valence-corrected chi connectivity index (χ2v) is 12.1. The summed E-state index contributed by atoms with van der Waals surface area (Å²) in [4.78, 5) is 0. The molecule has 5 rings (SSSR count). The maximum Gasteiger partial charge on any atom is 0.123 e. The molecule has 2 nitrogen and oxygen atoms in total. The van der Waals surface area contributed by atoms with E-state index in [4.69, 9.17) is 0 Å². The van der Waals surface area contributed by atoms with Crippen LogP contribution in [0.3, 0.4) is 0 Å². The fraction of sp³-hybridized carbons (Fsp3) is 0.724. The molecule has 4 aliphatic carbocycles. The molecule has 0 aromatic heterocycles. The third-order valence-electron chi connectivity index (χ3n) is 10.7. The lowest BCUT2D eigenvalue weighted by Crippen LogP contribution is -2.51. The number of rotatable bonds is 4. The molecule has 32 heavy (non-hydrogen) atoms. The fourth-order valence-corrected chi connectivity index (χ4v) is 8.91. The first-order chi connectivity index (χ1) is 15.2. The first-order valence-corrected chi connectivity index (χ1v) is 13.0. The van der Waals surface area contributed by atoms with E-state index in [0.29, 0.717) is 17.8 Å². The zero-order chi connectivity index (χ0) is 22.7. The molecule has 0 radical (unpaired) electrons. The van der Waals surface area contributed by atoms with E-state index in [9.17, 15) is 14.6 Å². The highest BCUT2D eigenvalue weighted by molar-refractivity contribution is 5.25. The quantitative estimate of drug-likeness (QED) is 0.539. The van der Waals surface area contributed by atoms with E-state index >= 15 is 0 Å². The van der Waals surface area contributed by atoms with Crippen LogP contribution in [-0.2, 0) is 6.42 Å². The average molecular weight is 441 g/mol. The SMILES string of the molecule is C[C@@H](C1CCC2C3CC=C4C[C@@H](O)CC[C@]4(C)C3CC[C@@]21C)[C@@H](O)Cc1cccc(F)c1. The largest absolute Gasteiger partial charge is 0.393 e. The van der Waals surface area contributed by atoms with Crippen molar-refractivity contribution in [3.05, 3.63) is 47.3 Å².